The number of carbonyl (C=O) groups excluding carboxylic acids is 3. The number of amides is 2. The highest BCUT2D eigenvalue weighted by molar-refractivity contribution is 5.92. The number of hydrogen-bond acceptors (Lipinski definition) is 7. The molecule has 1 fully saturated rings. The van der Waals surface area contributed by atoms with Crippen molar-refractivity contribution in [2.24, 2.45) is 5.92 Å². The third-order valence-corrected chi connectivity index (χ3v) is 5.28. The van der Waals surface area contributed by atoms with E-state index in [0.29, 0.717) is 38.3 Å². The molecule has 0 aliphatic carbocycles. The fraction of sp³-hybridized carbons (Fsp3) is 0.500. The molecule has 0 atom stereocenters. The number of furan rings is 1. The number of aromatic nitrogens is 2. The highest BCUT2D eigenvalue weighted by Crippen LogP contribution is 2.19. The quantitative estimate of drug-likeness (QED) is 0.594. The Morgan fingerprint density at radius 3 is 2.61 bits per heavy atom. The highest BCUT2D eigenvalue weighted by atomic mass is 16.5. The summed E-state index contributed by atoms with van der Waals surface area (Å²) in [7, 11) is 0. The van der Waals surface area contributed by atoms with E-state index >= 15 is 0 Å². The van der Waals surface area contributed by atoms with Crippen molar-refractivity contribution in [1.82, 2.24) is 19.8 Å². The van der Waals surface area contributed by atoms with Gasteiger partial charge in [-0.1, -0.05) is 0 Å². The molecule has 0 N–H and O–H groups in total. The van der Waals surface area contributed by atoms with Gasteiger partial charge in [-0.3, -0.25) is 19.4 Å². The second-order valence-corrected chi connectivity index (χ2v) is 7.51. The largest absolute Gasteiger partial charge is 0.467 e. The van der Waals surface area contributed by atoms with Crippen molar-refractivity contribution in [2.45, 2.75) is 39.7 Å². The Balaban J connectivity index is 1.58. The molecule has 2 aromatic rings. The normalized spacial score (nSPS) is 14.3. The minimum atomic E-state index is -0.308. The fourth-order valence-corrected chi connectivity index (χ4v) is 3.52. The van der Waals surface area contributed by atoms with Crippen LogP contribution >= 0.6 is 0 Å². The molecule has 0 radical (unpaired) electrons. The van der Waals surface area contributed by atoms with Crippen LogP contribution in [0.3, 0.4) is 0 Å². The van der Waals surface area contributed by atoms with Crippen LogP contribution in [0.5, 0.6) is 0 Å². The van der Waals surface area contributed by atoms with Crippen LogP contribution in [0.4, 0.5) is 0 Å². The van der Waals surface area contributed by atoms with E-state index in [2.05, 4.69) is 9.97 Å². The molecule has 0 saturated carbocycles. The van der Waals surface area contributed by atoms with Gasteiger partial charge in [0.05, 0.1) is 37.2 Å². The average Bonchev–Trinajstić information content (AvgIpc) is 3.30. The third-order valence-electron chi connectivity index (χ3n) is 5.28. The van der Waals surface area contributed by atoms with Crippen molar-refractivity contribution < 1.29 is 23.5 Å². The SMILES string of the molecule is CCOC(=O)C1CCN(C(=O)CCN(Cc2ccco2)C(=O)c2cnc(C)cn2)CC1. The lowest BCUT2D eigenvalue weighted by molar-refractivity contribution is -0.151. The standard InChI is InChI=1S/C22H28N4O5/c1-3-30-22(29)17-6-9-25(10-7-17)20(27)8-11-26(15-18-5-4-12-31-18)21(28)19-14-23-16(2)13-24-19/h4-5,12-14,17H,3,6-11,15H2,1-2H3. The molecule has 31 heavy (non-hydrogen) atoms. The zero-order chi connectivity index (χ0) is 22.2. The fourth-order valence-electron chi connectivity index (χ4n) is 3.52. The first kappa shape index (κ1) is 22.5. The van der Waals surface area contributed by atoms with E-state index in [-0.39, 0.29) is 48.9 Å². The van der Waals surface area contributed by atoms with Crippen LogP contribution in [0.1, 0.15) is 48.1 Å². The lowest BCUT2D eigenvalue weighted by Crippen LogP contribution is -2.42. The van der Waals surface area contributed by atoms with Gasteiger partial charge in [-0.2, -0.15) is 0 Å². The number of esters is 1. The second kappa shape index (κ2) is 10.7. The maximum Gasteiger partial charge on any atom is 0.309 e. The first-order valence-electron chi connectivity index (χ1n) is 10.5. The molecule has 9 nitrogen and oxygen atoms in total. The number of carbonyl (C=O) groups is 3. The second-order valence-electron chi connectivity index (χ2n) is 7.51. The predicted octanol–water partition coefficient (Wildman–Crippen LogP) is 2.21. The first-order chi connectivity index (χ1) is 15.0. The molecule has 1 saturated heterocycles. The Kier molecular flexibility index (Phi) is 7.75. The Bertz CT molecular complexity index is 874. The molecule has 1 aliphatic heterocycles. The van der Waals surface area contributed by atoms with Gasteiger partial charge in [0.1, 0.15) is 11.5 Å². The monoisotopic (exact) mass is 428 g/mol. The maximum atomic E-state index is 13.0. The Hall–Kier alpha value is -3.23. The minimum absolute atomic E-state index is 0.0467. The Morgan fingerprint density at radius 2 is 2.00 bits per heavy atom. The maximum absolute atomic E-state index is 13.0. The molecule has 3 rings (SSSR count). The zero-order valence-corrected chi connectivity index (χ0v) is 18.0. The van der Waals surface area contributed by atoms with Gasteiger partial charge in [0.25, 0.3) is 5.91 Å². The van der Waals surface area contributed by atoms with Gasteiger partial charge in [-0.05, 0) is 38.8 Å². The topological polar surface area (TPSA) is 106 Å². The van der Waals surface area contributed by atoms with E-state index < -0.39 is 0 Å². The summed E-state index contributed by atoms with van der Waals surface area (Å²) < 4.78 is 10.5. The van der Waals surface area contributed by atoms with Gasteiger partial charge >= 0.3 is 5.97 Å². The molecule has 2 amide bonds. The van der Waals surface area contributed by atoms with Crippen LogP contribution in [0.15, 0.2) is 35.2 Å². The van der Waals surface area contributed by atoms with Crippen LogP contribution in [-0.4, -0.2) is 63.8 Å². The number of aryl methyl sites for hydroxylation is 1. The molecule has 0 spiro atoms. The Labute approximate surface area is 181 Å². The number of hydrogen-bond donors (Lipinski definition) is 0. The van der Waals surface area contributed by atoms with Crippen molar-refractivity contribution in [3.8, 4) is 0 Å². The Morgan fingerprint density at radius 1 is 1.23 bits per heavy atom. The molecular weight excluding hydrogens is 400 g/mol. The molecular formula is C22H28N4O5. The van der Waals surface area contributed by atoms with Gasteiger partial charge in [-0.15, -0.1) is 0 Å². The van der Waals surface area contributed by atoms with E-state index in [1.54, 1.807) is 42.0 Å². The van der Waals surface area contributed by atoms with Crippen molar-refractivity contribution in [3.05, 3.63) is 47.9 Å². The highest BCUT2D eigenvalue weighted by Gasteiger charge is 2.28. The lowest BCUT2D eigenvalue weighted by Gasteiger charge is -2.31. The molecule has 166 valence electrons. The predicted molar refractivity (Wildman–Crippen MR) is 111 cm³/mol. The molecule has 0 aromatic carbocycles. The summed E-state index contributed by atoms with van der Waals surface area (Å²) in [5.41, 5.74) is 0.940. The minimum Gasteiger partial charge on any atom is -0.467 e. The van der Waals surface area contributed by atoms with Crippen molar-refractivity contribution in [2.75, 3.05) is 26.2 Å². The summed E-state index contributed by atoms with van der Waals surface area (Å²) >= 11 is 0. The first-order valence-corrected chi connectivity index (χ1v) is 10.5. The summed E-state index contributed by atoms with van der Waals surface area (Å²) in [6.45, 7) is 5.43. The van der Waals surface area contributed by atoms with E-state index in [1.807, 2.05) is 0 Å². The number of nitrogens with zero attached hydrogens (tertiary/aromatic N) is 4. The van der Waals surface area contributed by atoms with Gasteiger partial charge in [0, 0.05) is 32.3 Å². The molecule has 9 heteroatoms. The summed E-state index contributed by atoms with van der Waals surface area (Å²) in [6.07, 6.45) is 5.89. The van der Waals surface area contributed by atoms with Crippen molar-refractivity contribution in [3.63, 3.8) is 0 Å². The number of ether oxygens (including phenoxy) is 1. The van der Waals surface area contributed by atoms with E-state index in [1.165, 1.54) is 12.4 Å². The lowest BCUT2D eigenvalue weighted by atomic mass is 9.97. The number of likely N-dealkylation sites (tertiary alicyclic amines) is 1. The van der Waals surface area contributed by atoms with Crippen LogP contribution in [-0.2, 0) is 20.9 Å². The molecule has 0 bridgehead atoms. The average molecular weight is 428 g/mol. The summed E-state index contributed by atoms with van der Waals surface area (Å²) in [5, 5.41) is 0. The van der Waals surface area contributed by atoms with Crippen molar-refractivity contribution >= 4 is 17.8 Å². The van der Waals surface area contributed by atoms with Gasteiger partial charge in [-0.25, -0.2) is 4.98 Å². The number of piperidine rings is 1. The van der Waals surface area contributed by atoms with Gasteiger partial charge < -0.3 is 19.0 Å². The molecule has 3 heterocycles. The third kappa shape index (κ3) is 6.13. The molecule has 0 unspecified atom stereocenters. The van der Waals surface area contributed by atoms with Crippen molar-refractivity contribution in [1.29, 1.82) is 0 Å². The number of rotatable bonds is 8. The summed E-state index contributed by atoms with van der Waals surface area (Å²) in [4.78, 5) is 49.2. The molecule has 1 aliphatic rings. The van der Waals surface area contributed by atoms with E-state index in [4.69, 9.17) is 9.15 Å². The smallest absolute Gasteiger partial charge is 0.309 e. The van der Waals surface area contributed by atoms with Crippen LogP contribution in [0.25, 0.3) is 0 Å². The van der Waals surface area contributed by atoms with E-state index in [0.717, 1.165) is 5.69 Å². The van der Waals surface area contributed by atoms with E-state index in [9.17, 15) is 14.4 Å². The zero-order valence-electron chi connectivity index (χ0n) is 18.0. The van der Waals surface area contributed by atoms with Gasteiger partial charge in [0.2, 0.25) is 5.91 Å². The van der Waals surface area contributed by atoms with Crippen LogP contribution in [0.2, 0.25) is 0 Å². The van der Waals surface area contributed by atoms with Crippen LogP contribution in [0, 0.1) is 12.8 Å². The molecule has 2 aromatic heterocycles. The van der Waals surface area contributed by atoms with Gasteiger partial charge in [0.15, 0.2) is 0 Å². The van der Waals surface area contributed by atoms with Crippen LogP contribution < -0.4 is 0 Å². The summed E-state index contributed by atoms with van der Waals surface area (Å²) in [5.74, 6) is -0.0754. The summed E-state index contributed by atoms with van der Waals surface area (Å²) in [6, 6.07) is 3.53.